The van der Waals surface area contributed by atoms with Gasteiger partial charge in [-0.1, -0.05) is 18.2 Å². The molecule has 0 bridgehead atoms. The number of hydrogen-bond donors (Lipinski definition) is 1. The Morgan fingerprint density at radius 1 is 1.10 bits per heavy atom. The van der Waals surface area contributed by atoms with E-state index in [2.05, 4.69) is 18.3 Å². The minimum Gasteiger partial charge on any atom is -0.496 e. The van der Waals surface area contributed by atoms with Gasteiger partial charge in [0, 0.05) is 37.8 Å². The number of nitrogens with one attached hydrogen (secondary N) is 1. The monoisotopic (exact) mass is 281 g/mol. The van der Waals surface area contributed by atoms with Crippen molar-refractivity contribution in [1.82, 2.24) is 5.32 Å². The van der Waals surface area contributed by atoms with Crippen molar-refractivity contribution in [2.45, 2.75) is 39.5 Å². The largest absolute Gasteiger partial charge is 0.496 e. The van der Waals surface area contributed by atoms with E-state index in [0.717, 1.165) is 18.7 Å². The van der Waals surface area contributed by atoms with Gasteiger partial charge in [-0.05, 0) is 26.8 Å². The molecule has 0 heterocycles. The Hall–Kier alpha value is -1.10. The van der Waals surface area contributed by atoms with Crippen LogP contribution >= 0.6 is 0 Å². The van der Waals surface area contributed by atoms with Crippen molar-refractivity contribution >= 4 is 0 Å². The van der Waals surface area contributed by atoms with Gasteiger partial charge in [-0.25, -0.2) is 0 Å². The number of hydrogen-bond acceptors (Lipinski definition) is 4. The molecule has 0 unspecified atom stereocenters. The van der Waals surface area contributed by atoms with Crippen LogP contribution in [0.5, 0.6) is 5.75 Å². The van der Waals surface area contributed by atoms with Crippen molar-refractivity contribution in [3.05, 3.63) is 29.8 Å². The summed E-state index contributed by atoms with van der Waals surface area (Å²) < 4.78 is 16.4. The Labute approximate surface area is 122 Å². The standard InChI is InChI=1S/C16H27NO3/c1-5-19-16(20-6-2)11-12-17-13(3)14-9-7-8-10-15(14)18-4/h7-10,13,16-17H,5-6,11-12H2,1-4H3/t13-/m1/s1. The highest BCUT2D eigenvalue weighted by atomic mass is 16.7. The number of methoxy groups -OCH3 is 1. The number of para-hydroxylation sites is 1. The maximum Gasteiger partial charge on any atom is 0.158 e. The summed E-state index contributed by atoms with van der Waals surface area (Å²) in [6.07, 6.45) is 0.712. The van der Waals surface area contributed by atoms with Crippen molar-refractivity contribution in [3.8, 4) is 5.75 Å². The SMILES string of the molecule is CCOC(CCN[C@H](C)c1ccccc1OC)OCC. The number of ether oxygens (including phenoxy) is 3. The molecule has 1 aromatic carbocycles. The van der Waals surface area contributed by atoms with Gasteiger partial charge in [0.05, 0.1) is 7.11 Å². The lowest BCUT2D eigenvalue weighted by atomic mass is 10.1. The second-order valence-electron chi connectivity index (χ2n) is 4.55. The molecule has 1 N–H and O–H groups in total. The van der Waals surface area contributed by atoms with Crippen LogP contribution in [0.1, 0.15) is 38.8 Å². The van der Waals surface area contributed by atoms with Gasteiger partial charge < -0.3 is 19.5 Å². The highest BCUT2D eigenvalue weighted by molar-refractivity contribution is 5.35. The van der Waals surface area contributed by atoms with Gasteiger partial charge in [-0.2, -0.15) is 0 Å². The smallest absolute Gasteiger partial charge is 0.158 e. The van der Waals surface area contributed by atoms with E-state index < -0.39 is 0 Å². The molecular formula is C16H27NO3. The second-order valence-corrected chi connectivity index (χ2v) is 4.55. The molecule has 0 saturated carbocycles. The molecule has 0 radical (unpaired) electrons. The quantitative estimate of drug-likeness (QED) is 0.669. The van der Waals surface area contributed by atoms with Gasteiger partial charge in [-0.15, -0.1) is 0 Å². The van der Waals surface area contributed by atoms with E-state index in [1.54, 1.807) is 7.11 Å². The molecule has 0 aromatic heterocycles. The summed E-state index contributed by atoms with van der Waals surface area (Å²) in [5, 5.41) is 3.48. The van der Waals surface area contributed by atoms with E-state index in [4.69, 9.17) is 14.2 Å². The van der Waals surface area contributed by atoms with Crippen molar-refractivity contribution < 1.29 is 14.2 Å². The predicted octanol–water partition coefficient (Wildman–Crippen LogP) is 3.14. The Balaban J connectivity index is 2.44. The first kappa shape index (κ1) is 17.0. The highest BCUT2D eigenvalue weighted by Crippen LogP contribution is 2.24. The lowest BCUT2D eigenvalue weighted by Gasteiger charge is -2.20. The fraction of sp³-hybridized carbons (Fsp3) is 0.625. The first-order chi connectivity index (χ1) is 9.72. The number of rotatable bonds is 10. The first-order valence-corrected chi connectivity index (χ1v) is 7.32. The third-order valence-electron chi connectivity index (χ3n) is 3.14. The van der Waals surface area contributed by atoms with Gasteiger partial charge >= 0.3 is 0 Å². The summed E-state index contributed by atoms with van der Waals surface area (Å²) in [6.45, 7) is 8.28. The van der Waals surface area contributed by atoms with Crippen molar-refractivity contribution in [2.75, 3.05) is 26.9 Å². The molecule has 1 rings (SSSR count). The minimum atomic E-state index is -0.123. The lowest BCUT2D eigenvalue weighted by Crippen LogP contribution is -2.26. The molecule has 0 aliphatic heterocycles. The van der Waals surface area contributed by atoms with Gasteiger partial charge in [0.2, 0.25) is 0 Å². The van der Waals surface area contributed by atoms with Crippen LogP contribution in [0.2, 0.25) is 0 Å². The Kier molecular flexibility index (Phi) is 8.26. The topological polar surface area (TPSA) is 39.7 Å². The highest BCUT2D eigenvalue weighted by Gasteiger charge is 2.12. The van der Waals surface area contributed by atoms with Crippen LogP contribution in [0.15, 0.2) is 24.3 Å². The Morgan fingerprint density at radius 2 is 1.75 bits per heavy atom. The summed E-state index contributed by atoms with van der Waals surface area (Å²) in [4.78, 5) is 0. The zero-order valence-corrected chi connectivity index (χ0v) is 13.0. The maximum absolute atomic E-state index is 5.53. The fourth-order valence-corrected chi connectivity index (χ4v) is 2.14. The summed E-state index contributed by atoms with van der Waals surface area (Å²) in [5.74, 6) is 0.915. The van der Waals surface area contributed by atoms with Crippen LogP contribution in [-0.2, 0) is 9.47 Å². The van der Waals surface area contributed by atoms with Gasteiger partial charge in [0.25, 0.3) is 0 Å². The second kappa shape index (κ2) is 9.75. The lowest BCUT2D eigenvalue weighted by molar-refractivity contribution is -0.138. The van der Waals surface area contributed by atoms with E-state index in [9.17, 15) is 0 Å². The van der Waals surface area contributed by atoms with Crippen LogP contribution in [0, 0.1) is 0 Å². The van der Waals surface area contributed by atoms with Crippen LogP contribution in [0.3, 0.4) is 0 Å². The predicted molar refractivity (Wildman–Crippen MR) is 81.1 cm³/mol. The summed E-state index contributed by atoms with van der Waals surface area (Å²) in [6, 6.07) is 8.31. The Bertz CT molecular complexity index is 364. The van der Waals surface area contributed by atoms with Crippen LogP contribution < -0.4 is 10.1 Å². The average molecular weight is 281 g/mol. The molecule has 0 aliphatic carbocycles. The average Bonchev–Trinajstić information content (AvgIpc) is 2.47. The first-order valence-electron chi connectivity index (χ1n) is 7.32. The summed E-state index contributed by atoms with van der Waals surface area (Å²) in [7, 11) is 1.70. The number of benzene rings is 1. The molecule has 1 atom stereocenters. The van der Waals surface area contributed by atoms with Crippen LogP contribution in [0.25, 0.3) is 0 Å². The fourth-order valence-electron chi connectivity index (χ4n) is 2.14. The van der Waals surface area contributed by atoms with Crippen LogP contribution in [0.4, 0.5) is 0 Å². The van der Waals surface area contributed by atoms with E-state index in [1.807, 2.05) is 32.0 Å². The summed E-state index contributed by atoms with van der Waals surface area (Å²) in [5.41, 5.74) is 1.17. The molecule has 0 amide bonds. The van der Waals surface area contributed by atoms with E-state index in [-0.39, 0.29) is 12.3 Å². The molecule has 0 spiro atoms. The zero-order chi connectivity index (χ0) is 14.8. The molecule has 114 valence electrons. The van der Waals surface area contributed by atoms with Gasteiger partial charge in [0.15, 0.2) is 6.29 Å². The molecular weight excluding hydrogens is 254 g/mol. The van der Waals surface area contributed by atoms with E-state index >= 15 is 0 Å². The van der Waals surface area contributed by atoms with Crippen molar-refractivity contribution in [2.24, 2.45) is 0 Å². The minimum absolute atomic E-state index is 0.123. The maximum atomic E-state index is 5.53. The molecule has 0 aliphatic rings. The zero-order valence-electron chi connectivity index (χ0n) is 13.0. The van der Waals surface area contributed by atoms with Crippen molar-refractivity contribution in [1.29, 1.82) is 0 Å². The molecule has 1 aromatic rings. The Morgan fingerprint density at radius 3 is 2.35 bits per heavy atom. The van der Waals surface area contributed by atoms with E-state index in [0.29, 0.717) is 13.2 Å². The van der Waals surface area contributed by atoms with E-state index in [1.165, 1.54) is 5.56 Å². The van der Waals surface area contributed by atoms with Gasteiger partial charge in [0.1, 0.15) is 5.75 Å². The third kappa shape index (κ3) is 5.49. The third-order valence-corrected chi connectivity index (χ3v) is 3.14. The normalized spacial score (nSPS) is 12.7. The van der Waals surface area contributed by atoms with Gasteiger partial charge in [-0.3, -0.25) is 0 Å². The molecule has 4 heteroatoms. The molecule has 20 heavy (non-hydrogen) atoms. The summed E-state index contributed by atoms with van der Waals surface area (Å²) >= 11 is 0. The van der Waals surface area contributed by atoms with Crippen LogP contribution in [-0.4, -0.2) is 33.2 Å². The molecule has 0 saturated heterocycles. The van der Waals surface area contributed by atoms with Crippen molar-refractivity contribution in [3.63, 3.8) is 0 Å². The molecule has 0 fully saturated rings. The molecule has 4 nitrogen and oxygen atoms in total.